The number of hydrogen-bond acceptors (Lipinski definition) is 2. The van der Waals surface area contributed by atoms with Gasteiger partial charge in [0.05, 0.1) is 11.6 Å². The first-order valence-corrected chi connectivity index (χ1v) is 10.5. The van der Waals surface area contributed by atoms with Gasteiger partial charge in [0, 0.05) is 11.4 Å². The highest BCUT2D eigenvalue weighted by atomic mass is 16.1. The summed E-state index contributed by atoms with van der Waals surface area (Å²) in [5.41, 5.74) is 8.54. The molecule has 2 aliphatic carbocycles. The normalized spacial score (nSPS) is 16.7. The van der Waals surface area contributed by atoms with Crippen molar-refractivity contribution in [3.8, 4) is 0 Å². The largest absolute Gasteiger partial charge is 0.325 e. The maximum Gasteiger partial charge on any atom is 0.231 e. The lowest BCUT2D eigenvalue weighted by Gasteiger charge is -2.23. The van der Waals surface area contributed by atoms with E-state index in [0.29, 0.717) is 5.92 Å². The topological polar surface area (TPSA) is 42.0 Å². The number of pyridine rings is 1. The molecule has 142 valence electrons. The molecule has 1 atom stereocenters. The zero-order valence-electron chi connectivity index (χ0n) is 16.8. The fourth-order valence-corrected chi connectivity index (χ4v) is 4.45. The zero-order chi connectivity index (χ0) is 19.0. The minimum absolute atomic E-state index is 0.0976. The molecular formula is C24H30N2O. The van der Waals surface area contributed by atoms with Gasteiger partial charge in [-0.1, -0.05) is 38.1 Å². The van der Waals surface area contributed by atoms with E-state index in [1.807, 2.05) is 6.92 Å². The van der Waals surface area contributed by atoms with Crippen LogP contribution < -0.4 is 5.32 Å². The van der Waals surface area contributed by atoms with Crippen molar-refractivity contribution in [2.75, 3.05) is 5.32 Å². The highest BCUT2D eigenvalue weighted by Gasteiger charge is 2.26. The van der Waals surface area contributed by atoms with E-state index in [1.165, 1.54) is 40.9 Å². The third-order valence-corrected chi connectivity index (χ3v) is 6.25. The Kier molecular flexibility index (Phi) is 5.03. The summed E-state index contributed by atoms with van der Waals surface area (Å²) in [5.74, 6) is 0.449. The van der Waals surface area contributed by atoms with Crippen LogP contribution in [0.15, 0.2) is 24.3 Å². The van der Waals surface area contributed by atoms with Gasteiger partial charge in [-0.05, 0) is 80.0 Å². The second kappa shape index (κ2) is 7.46. The van der Waals surface area contributed by atoms with Gasteiger partial charge < -0.3 is 5.32 Å². The minimum atomic E-state index is -0.157. The number of rotatable bonds is 4. The number of nitrogens with zero attached hydrogens (tertiary/aromatic N) is 1. The number of aryl methyl sites for hydroxylation is 2. The molecule has 1 aromatic heterocycles. The van der Waals surface area contributed by atoms with Gasteiger partial charge in [0.1, 0.15) is 0 Å². The number of anilines is 1. The molecule has 0 saturated carbocycles. The second-order valence-corrected chi connectivity index (χ2v) is 8.43. The fourth-order valence-electron chi connectivity index (χ4n) is 4.45. The summed E-state index contributed by atoms with van der Waals surface area (Å²) < 4.78 is 0. The molecule has 0 bridgehead atoms. The SMILES string of the molecule is CC(C)c1ccc(C(C)C(=O)Nc2c3c(nc4c2CCC4)CCCC3)cc1. The molecule has 3 heteroatoms. The van der Waals surface area contributed by atoms with E-state index in [9.17, 15) is 4.79 Å². The van der Waals surface area contributed by atoms with E-state index < -0.39 is 0 Å². The van der Waals surface area contributed by atoms with Crippen LogP contribution in [0.25, 0.3) is 0 Å². The van der Waals surface area contributed by atoms with Gasteiger partial charge in [-0.15, -0.1) is 0 Å². The molecule has 0 radical (unpaired) electrons. The van der Waals surface area contributed by atoms with Gasteiger partial charge in [-0.2, -0.15) is 0 Å². The van der Waals surface area contributed by atoms with E-state index in [4.69, 9.17) is 4.98 Å². The predicted octanol–water partition coefficient (Wildman–Crippen LogP) is 5.31. The smallest absolute Gasteiger partial charge is 0.231 e. The number of amides is 1. The van der Waals surface area contributed by atoms with E-state index >= 15 is 0 Å². The molecule has 2 aliphatic rings. The molecule has 0 aliphatic heterocycles. The molecule has 2 aromatic rings. The number of hydrogen-bond donors (Lipinski definition) is 1. The van der Waals surface area contributed by atoms with Crippen molar-refractivity contribution < 1.29 is 4.79 Å². The van der Waals surface area contributed by atoms with Gasteiger partial charge in [0.25, 0.3) is 0 Å². The maximum atomic E-state index is 13.1. The molecule has 27 heavy (non-hydrogen) atoms. The van der Waals surface area contributed by atoms with Crippen LogP contribution in [-0.2, 0) is 30.5 Å². The summed E-state index contributed by atoms with van der Waals surface area (Å²) in [5, 5.41) is 3.33. The predicted molar refractivity (Wildman–Crippen MR) is 110 cm³/mol. The number of nitrogens with one attached hydrogen (secondary N) is 1. The summed E-state index contributed by atoms with van der Waals surface area (Å²) in [7, 11) is 0. The molecule has 1 heterocycles. The lowest BCUT2D eigenvalue weighted by Crippen LogP contribution is -2.22. The van der Waals surface area contributed by atoms with Crippen LogP contribution >= 0.6 is 0 Å². The molecule has 0 saturated heterocycles. The highest BCUT2D eigenvalue weighted by Crippen LogP contribution is 2.36. The van der Waals surface area contributed by atoms with Crippen molar-refractivity contribution in [2.45, 2.75) is 77.6 Å². The summed E-state index contributed by atoms with van der Waals surface area (Å²) in [6.45, 7) is 6.39. The zero-order valence-corrected chi connectivity index (χ0v) is 16.8. The number of carbonyl (C=O) groups excluding carboxylic acids is 1. The molecule has 1 amide bonds. The highest BCUT2D eigenvalue weighted by molar-refractivity contribution is 5.97. The number of benzene rings is 1. The number of aromatic nitrogens is 1. The lowest BCUT2D eigenvalue weighted by atomic mass is 9.91. The van der Waals surface area contributed by atoms with Crippen molar-refractivity contribution in [1.29, 1.82) is 0 Å². The average Bonchev–Trinajstić information content (AvgIpc) is 3.15. The van der Waals surface area contributed by atoms with E-state index in [0.717, 1.165) is 43.4 Å². The number of carbonyl (C=O) groups is 1. The standard InChI is InChI=1S/C24H30N2O/c1-15(2)17-11-13-18(14-12-17)16(3)24(27)26-23-19-7-4-5-9-21(19)25-22-10-6-8-20(22)23/h11-16H,4-10H2,1-3H3,(H,25,26,27). The summed E-state index contributed by atoms with van der Waals surface area (Å²) in [6.07, 6.45) is 7.76. The van der Waals surface area contributed by atoms with Gasteiger partial charge in [-0.25, -0.2) is 0 Å². The van der Waals surface area contributed by atoms with Crippen molar-refractivity contribution in [3.63, 3.8) is 0 Å². The van der Waals surface area contributed by atoms with Gasteiger partial charge in [0.15, 0.2) is 0 Å². The Hall–Kier alpha value is -2.16. The van der Waals surface area contributed by atoms with Crippen LogP contribution in [0, 0.1) is 0 Å². The van der Waals surface area contributed by atoms with Crippen LogP contribution in [0.2, 0.25) is 0 Å². The van der Waals surface area contributed by atoms with Crippen LogP contribution in [0.5, 0.6) is 0 Å². The average molecular weight is 363 g/mol. The van der Waals surface area contributed by atoms with Gasteiger partial charge in [0.2, 0.25) is 5.91 Å². The molecule has 4 rings (SSSR count). The molecule has 0 spiro atoms. The Morgan fingerprint density at radius 1 is 0.852 bits per heavy atom. The van der Waals surface area contributed by atoms with Crippen molar-refractivity contribution in [2.24, 2.45) is 0 Å². The molecular weight excluding hydrogens is 332 g/mol. The Balaban J connectivity index is 1.60. The fraction of sp³-hybridized carbons (Fsp3) is 0.500. The van der Waals surface area contributed by atoms with Crippen molar-refractivity contribution in [1.82, 2.24) is 4.98 Å². The van der Waals surface area contributed by atoms with Crippen LogP contribution in [0.3, 0.4) is 0 Å². The van der Waals surface area contributed by atoms with Crippen molar-refractivity contribution in [3.05, 3.63) is 57.9 Å². The first kappa shape index (κ1) is 18.2. The van der Waals surface area contributed by atoms with E-state index in [-0.39, 0.29) is 11.8 Å². The Morgan fingerprint density at radius 3 is 2.07 bits per heavy atom. The third kappa shape index (κ3) is 3.52. The van der Waals surface area contributed by atoms with Crippen LogP contribution in [0.1, 0.15) is 85.5 Å². The lowest BCUT2D eigenvalue weighted by molar-refractivity contribution is -0.117. The Bertz CT molecular complexity index is 852. The van der Waals surface area contributed by atoms with Crippen molar-refractivity contribution >= 4 is 11.6 Å². The Labute approximate surface area is 162 Å². The maximum absolute atomic E-state index is 13.1. The molecule has 1 N–H and O–H groups in total. The van der Waals surface area contributed by atoms with Crippen LogP contribution in [-0.4, -0.2) is 10.9 Å². The van der Waals surface area contributed by atoms with E-state index in [1.54, 1.807) is 0 Å². The summed E-state index contributed by atoms with van der Waals surface area (Å²) in [4.78, 5) is 18.0. The minimum Gasteiger partial charge on any atom is -0.325 e. The molecule has 1 unspecified atom stereocenters. The molecule has 1 aromatic carbocycles. The second-order valence-electron chi connectivity index (χ2n) is 8.43. The summed E-state index contributed by atoms with van der Waals surface area (Å²) >= 11 is 0. The first-order valence-electron chi connectivity index (χ1n) is 10.5. The Morgan fingerprint density at radius 2 is 1.41 bits per heavy atom. The first-order chi connectivity index (χ1) is 13.0. The number of fused-ring (bicyclic) bond motifs is 2. The van der Waals surface area contributed by atoms with Gasteiger partial charge in [-0.3, -0.25) is 9.78 Å². The summed E-state index contributed by atoms with van der Waals surface area (Å²) in [6, 6.07) is 8.50. The quantitative estimate of drug-likeness (QED) is 0.800. The molecule has 3 nitrogen and oxygen atoms in total. The monoisotopic (exact) mass is 362 g/mol. The molecule has 0 fully saturated rings. The van der Waals surface area contributed by atoms with Crippen LogP contribution in [0.4, 0.5) is 5.69 Å². The third-order valence-electron chi connectivity index (χ3n) is 6.25. The van der Waals surface area contributed by atoms with E-state index in [2.05, 4.69) is 43.4 Å². The van der Waals surface area contributed by atoms with Gasteiger partial charge >= 0.3 is 0 Å².